The lowest BCUT2D eigenvalue weighted by atomic mass is 10.2. The normalized spacial score (nSPS) is 15.7. The van der Waals surface area contributed by atoms with E-state index >= 15 is 0 Å². The first-order valence-corrected chi connectivity index (χ1v) is 9.13. The molecule has 2 aromatic rings. The first-order chi connectivity index (χ1) is 12.6. The molecule has 140 valence electrons. The molecule has 1 fully saturated rings. The SMILES string of the molecule is CCC(C)Nc1ncnc(N2CCN(c3ccc(OC)cc3)CC2)c1N. The van der Waals surface area contributed by atoms with E-state index < -0.39 is 0 Å². The second-order valence-electron chi connectivity index (χ2n) is 6.59. The number of nitrogens with two attached hydrogens (primary N) is 1. The molecule has 0 bridgehead atoms. The average Bonchev–Trinajstić information content (AvgIpc) is 2.70. The van der Waals surface area contributed by atoms with Gasteiger partial charge in [0.05, 0.1) is 7.11 Å². The van der Waals surface area contributed by atoms with Crippen molar-refractivity contribution in [3.8, 4) is 5.75 Å². The summed E-state index contributed by atoms with van der Waals surface area (Å²) in [4.78, 5) is 13.3. The second kappa shape index (κ2) is 8.12. The minimum absolute atomic E-state index is 0.326. The number of anilines is 4. The lowest BCUT2D eigenvalue weighted by molar-refractivity contribution is 0.415. The summed E-state index contributed by atoms with van der Waals surface area (Å²) in [5, 5.41) is 3.36. The van der Waals surface area contributed by atoms with E-state index in [2.05, 4.69) is 51.1 Å². The predicted octanol–water partition coefficient (Wildman–Crippen LogP) is 2.60. The number of nitrogens with zero attached hydrogens (tertiary/aromatic N) is 4. The fourth-order valence-electron chi connectivity index (χ4n) is 3.06. The summed E-state index contributed by atoms with van der Waals surface area (Å²) in [5.74, 6) is 2.42. The van der Waals surface area contributed by atoms with Crippen molar-refractivity contribution in [3.05, 3.63) is 30.6 Å². The predicted molar refractivity (Wildman–Crippen MR) is 107 cm³/mol. The highest BCUT2D eigenvalue weighted by Gasteiger charge is 2.21. The Hall–Kier alpha value is -2.70. The van der Waals surface area contributed by atoms with E-state index in [1.54, 1.807) is 13.4 Å². The second-order valence-corrected chi connectivity index (χ2v) is 6.59. The van der Waals surface area contributed by atoms with Gasteiger partial charge in [0.1, 0.15) is 17.8 Å². The number of methoxy groups -OCH3 is 1. The molecule has 7 nitrogen and oxygen atoms in total. The molecule has 1 saturated heterocycles. The summed E-state index contributed by atoms with van der Waals surface area (Å²) in [6.45, 7) is 7.84. The third-order valence-electron chi connectivity index (χ3n) is 4.88. The standard InChI is InChI=1S/C19H28N6O/c1-4-14(2)23-18-17(20)19(22-13-21-18)25-11-9-24(10-12-25)15-5-7-16(26-3)8-6-15/h5-8,13-14H,4,9-12,20H2,1-3H3,(H,21,22,23). The van der Waals surface area contributed by atoms with Gasteiger partial charge in [0.25, 0.3) is 0 Å². The van der Waals surface area contributed by atoms with Gasteiger partial charge in [0, 0.05) is 37.9 Å². The number of aromatic nitrogens is 2. The van der Waals surface area contributed by atoms with Gasteiger partial charge in [-0.25, -0.2) is 9.97 Å². The van der Waals surface area contributed by atoms with Crippen molar-refractivity contribution in [2.45, 2.75) is 26.3 Å². The molecule has 1 atom stereocenters. The number of ether oxygens (including phenoxy) is 1. The largest absolute Gasteiger partial charge is 0.497 e. The number of hydrogen-bond acceptors (Lipinski definition) is 7. The summed E-state index contributed by atoms with van der Waals surface area (Å²) in [6.07, 6.45) is 2.60. The number of piperazine rings is 1. The van der Waals surface area contributed by atoms with Crippen LogP contribution in [0.1, 0.15) is 20.3 Å². The Morgan fingerprint density at radius 3 is 2.38 bits per heavy atom. The highest BCUT2D eigenvalue weighted by atomic mass is 16.5. The summed E-state index contributed by atoms with van der Waals surface area (Å²) in [5.41, 5.74) is 8.18. The molecule has 1 unspecified atom stereocenters. The molecule has 7 heteroatoms. The van der Waals surface area contributed by atoms with Crippen LogP contribution in [0.2, 0.25) is 0 Å². The number of nitrogen functional groups attached to an aromatic ring is 1. The van der Waals surface area contributed by atoms with Crippen molar-refractivity contribution >= 4 is 23.0 Å². The van der Waals surface area contributed by atoms with Crippen molar-refractivity contribution in [1.29, 1.82) is 0 Å². The molecule has 0 radical (unpaired) electrons. The van der Waals surface area contributed by atoms with E-state index in [4.69, 9.17) is 10.5 Å². The molecular weight excluding hydrogens is 328 g/mol. The quantitative estimate of drug-likeness (QED) is 0.823. The average molecular weight is 356 g/mol. The summed E-state index contributed by atoms with van der Waals surface area (Å²) < 4.78 is 5.23. The van der Waals surface area contributed by atoms with E-state index in [9.17, 15) is 0 Å². The molecule has 1 aliphatic heterocycles. The maximum absolute atomic E-state index is 6.34. The smallest absolute Gasteiger partial charge is 0.157 e. The Balaban J connectivity index is 1.66. The van der Waals surface area contributed by atoms with Crippen LogP contribution in [0.5, 0.6) is 5.75 Å². The molecule has 3 rings (SSSR count). The lowest BCUT2D eigenvalue weighted by Crippen LogP contribution is -2.47. The Bertz CT molecular complexity index is 712. The van der Waals surface area contributed by atoms with E-state index in [1.807, 2.05) is 12.1 Å². The zero-order valence-electron chi connectivity index (χ0n) is 15.8. The van der Waals surface area contributed by atoms with E-state index in [-0.39, 0.29) is 0 Å². The van der Waals surface area contributed by atoms with Gasteiger partial charge in [-0.3, -0.25) is 0 Å². The number of hydrogen-bond donors (Lipinski definition) is 2. The zero-order valence-corrected chi connectivity index (χ0v) is 15.8. The van der Waals surface area contributed by atoms with Gasteiger partial charge in [-0.05, 0) is 37.6 Å². The molecule has 1 aromatic carbocycles. The van der Waals surface area contributed by atoms with Crippen molar-refractivity contribution in [2.24, 2.45) is 0 Å². The maximum atomic E-state index is 6.34. The first-order valence-electron chi connectivity index (χ1n) is 9.13. The van der Waals surface area contributed by atoms with Crippen LogP contribution in [0, 0.1) is 0 Å². The van der Waals surface area contributed by atoms with Crippen molar-refractivity contribution in [2.75, 3.05) is 54.1 Å². The van der Waals surface area contributed by atoms with Gasteiger partial charge in [-0.2, -0.15) is 0 Å². The third kappa shape index (κ3) is 3.92. The van der Waals surface area contributed by atoms with Gasteiger partial charge >= 0.3 is 0 Å². The molecule has 0 aliphatic carbocycles. The topological polar surface area (TPSA) is 79.5 Å². The van der Waals surface area contributed by atoms with Gasteiger partial charge in [-0.1, -0.05) is 6.92 Å². The van der Waals surface area contributed by atoms with E-state index in [0.29, 0.717) is 11.7 Å². The Morgan fingerprint density at radius 1 is 1.12 bits per heavy atom. The van der Waals surface area contributed by atoms with Crippen molar-refractivity contribution < 1.29 is 4.74 Å². The molecule has 2 heterocycles. The van der Waals surface area contributed by atoms with Crippen molar-refractivity contribution in [3.63, 3.8) is 0 Å². The molecular formula is C19H28N6O. The van der Waals surface area contributed by atoms with Gasteiger partial charge in [-0.15, -0.1) is 0 Å². The fourth-order valence-corrected chi connectivity index (χ4v) is 3.06. The van der Waals surface area contributed by atoms with Crippen LogP contribution in [-0.4, -0.2) is 49.3 Å². The molecule has 0 amide bonds. The monoisotopic (exact) mass is 356 g/mol. The van der Waals surface area contributed by atoms with Gasteiger partial charge < -0.3 is 25.6 Å². The van der Waals surface area contributed by atoms with E-state index in [0.717, 1.165) is 50.0 Å². The maximum Gasteiger partial charge on any atom is 0.157 e. The Labute approximate surface area is 155 Å². The summed E-state index contributed by atoms with van der Waals surface area (Å²) in [7, 11) is 1.68. The zero-order chi connectivity index (χ0) is 18.5. The third-order valence-corrected chi connectivity index (χ3v) is 4.88. The van der Waals surface area contributed by atoms with Gasteiger partial charge in [0.15, 0.2) is 11.6 Å². The lowest BCUT2D eigenvalue weighted by Gasteiger charge is -2.37. The Kier molecular flexibility index (Phi) is 5.65. The van der Waals surface area contributed by atoms with E-state index in [1.165, 1.54) is 5.69 Å². The first kappa shape index (κ1) is 18.1. The molecule has 0 saturated carbocycles. The molecule has 26 heavy (non-hydrogen) atoms. The molecule has 1 aromatic heterocycles. The van der Waals surface area contributed by atoms with Crippen LogP contribution in [-0.2, 0) is 0 Å². The highest BCUT2D eigenvalue weighted by molar-refractivity contribution is 5.75. The van der Waals surface area contributed by atoms with Crippen LogP contribution < -0.4 is 25.6 Å². The van der Waals surface area contributed by atoms with Gasteiger partial charge in [0.2, 0.25) is 0 Å². The van der Waals surface area contributed by atoms with Crippen LogP contribution in [0.25, 0.3) is 0 Å². The fraction of sp³-hybridized carbons (Fsp3) is 0.474. The minimum Gasteiger partial charge on any atom is -0.497 e. The van der Waals surface area contributed by atoms with Crippen LogP contribution in [0.15, 0.2) is 30.6 Å². The Morgan fingerprint density at radius 2 is 1.77 bits per heavy atom. The van der Waals surface area contributed by atoms with Crippen LogP contribution in [0.4, 0.5) is 23.0 Å². The van der Waals surface area contributed by atoms with Crippen molar-refractivity contribution in [1.82, 2.24) is 9.97 Å². The minimum atomic E-state index is 0.326. The molecule has 1 aliphatic rings. The molecule has 0 spiro atoms. The molecule has 3 N–H and O–H groups in total. The number of benzene rings is 1. The summed E-state index contributed by atoms with van der Waals surface area (Å²) in [6, 6.07) is 8.52. The van der Waals surface area contributed by atoms with Crippen LogP contribution in [0.3, 0.4) is 0 Å². The number of nitrogens with one attached hydrogen (secondary N) is 1. The number of rotatable bonds is 6. The van der Waals surface area contributed by atoms with Crippen LogP contribution >= 0.6 is 0 Å². The highest BCUT2D eigenvalue weighted by Crippen LogP contribution is 2.28. The summed E-state index contributed by atoms with van der Waals surface area (Å²) >= 11 is 0.